The molecule has 2 heterocycles. The van der Waals surface area contributed by atoms with Gasteiger partial charge in [-0.3, -0.25) is 9.52 Å². The summed E-state index contributed by atoms with van der Waals surface area (Å²) >= 11 is 1.42. The quantitative estimate of drug-likeness (QED) is 0.662. The van der Waals surface area contributed by atoms with Crippen LogP contribution in [-0.2, 0) is 16.4 Å². The van der Waals surface area contributed by atoms with Gasteiger partial charge < -0.3 is 9.64 Å². The zero-order valence-corrected chi connectivity index (χ0v) is 17.4. The van der Waals surface area contributed by atoms with E-state index in [0.29, 0.717) is 22.9 Å². The minimum atomic E-state index is -3.71. The van der Waals surface area contributed by atoms with E-state index < -0.39 is 10.0 Å². The Bertz CT molecular complexity index is 1120. The van der Waals surface area contributed by atoms with E-state index in [9.17, 15) is 13.2 Å². The molecular formula is C21H20N2O4S2. The van der Waals surface area contributed by atoms with Crippen LogP contribution < -0.4 is 14.4 Å². The van der Waals surface area contributed by atoms with Crippen molar-refractivity contribution in [2.45, 2.75) is 17.7 Å². The average Bonchev–Trinajstić information content (AvgIpc) is 3.27. The molecule has 29 heavy (non-hydrogen) atoms. The lowest BCUT2D eigenvalue weighted by atomic mass is 10.0. The molecule has 0 bridgehead atoms. The molecule has 1 amide bonds. The molecule has 6 nitrogen and oxygen atoms in total. The van der Waals surface area contributed by atoms with Crippen molar-refractivity contribution in [3.63, 3.8) is 0 Å². The highest BCUT2D eigenvalue weighted by molar-refractivity contribution is 7.92. The lowest BCUT2D eigenvalue weighted by Crippen LogP contribution is -2.35. The molecule has 3 aromatic rings. The lowest BCUT2D eigenvalue weighted by Gasteiger charge is -2.29. The minimum Gasteiger partial charge on any atom is -0.497 e. The molecule has 0 unspecified atom stereocenters. The summed E-state index contributed by atoms with van der Waals surface area (Å²) in [4.78, 5) is 15.4. The standard InChI is InChI=1S/C21H20N2O4S2/c1-27-17-7-9-18(10-8-17)29(25,26)22-16-6-11-19-15(14-16)4-2-12-23(19)21(24)20-5-3-13-28-20/h3,5-11,13-14,22H,2,4,12H2,1H3. The molecule has 2 aromatic carbocycles. The number of aryl methyl sites for hydroxylation is 1. The number of hydrogen-bond donors (Lipinski definition) is 1. The summed E-state index contributed by atoms with van der Waals surface area (Å²) in [5.74, 6) is 0.570. The van der Waals surface area contributed by atoms with E-state index in [1.165, 1.54) is 30.6 Å². The van der Waals surface area contributed by atoms with Gasteiger partial charge in [0.25, 0.3) is 15.9 Å². The van der Waals surface area contributed by atoms with Crippen LogP contribution in [0, 0.1) is 0 Å². The molecule has 150 valence electrons. The number of anilines is 2. The summed E-state index contributed by atoms with van der Waals surface area (Å²) in [6.07, 6.45) is 1.63. The summed E-state index contributed by atoms with van der Waals surface area (Å²) < 4.78 is 33.1. The first-order valence-electron chi connectivity index (χ1n) is 9.13. The second-order valence-corrected chi connectivity index (χ2v) is 9.29. The van der Waals surface area contributed by atoms with E-state index in [1.807, 2.05) is 29.6 Å². The first-order chi connectivity index (χ1) is 14.0. The maximum absolute atomic E-state index is 12.8. The molecular weight excluding hydrogens is 408 g/mol. The summed E-state index contributed by atoms with van der Waals surface area (Å²) in [5.41, 5.74) is 2.27. The smallest absolute Gasteiger partial charge is 0.268 e. The molecule has 0 saturated heterocycles. The van der Waals surface area contributed by atoms with Gasteiger partial charge in [0, 0.05) is 17.9 Å². The van der Waals surface area contributed by atoms with Gasteiger partial charge in [0.2, 0.25) is 0 Å². The van der Waals surface area contributed by atoms with Crippen LogP contribution in [0.1, 0.15) is 21.7 Å². The zero-order chi connectivity index (χ0) is 20.4. The van der Waals surface area contributed by atoms with Gasteiger partial charge in [-0.15, -0.1) is 11.3 Å². The van der Waals surface area contributed by atoms with Crippen LogP contribution in [0.25, 0.3) is 0 Å². The van der Waals surface area contributed by atoms with Gasteiger partial charge in [0.05, 0.1) is 16.9 Å². The Kier molecular flexibility index (Phi) is 5.29. The maximum atomic E-state index is 12.8. The van der Waals surface area contributed by atoms with Crippen molar-refractivity contribution in [3.8, 4) is 5.75 Å². The predicted octanol–water partition coefficient (Wildman–Crippen LogP) is 4.15. The number of nitrogens with zero attached hydrogens (tertiary/aromatic N) is 1. The molecule has 0 spiro atoms. The highest BCUT2D eigenvalue weighted by Gasteiger charge is 2.25. The lowest BCUT2D eigenvalue weighted by molar-refractivity contribution is 0.0989. The number of carbonyl (C=O) groups is 1. The number of benzene rings is 2. The van der Waals surface area contributed by atoms with Crippen LogP contribution in [0.5, 0.6) is 5.75 Å². The van der Waals surface area contributed by atoms with Gasteiger partial charge in [-0.25, -0.2) is 8.42 Å². The Morgan fingerprint density at radius 1 is 1.14 bits per heavy atom. The van der Waals surface area contributed by atoms with Gasteiger partial charge in [-0.05, 0) is 72.3 Å². The number of nitrogens with one attached hydrogen (secondary N) is 1. The number of hydrogen-bond acceptors (Lipinski definition) is 5. The van der Waals surface area contributed by atoms with Crippen molar-refractivity contribution in [1.82, 2.24) is 0 Å². The third kappa shape index (κ3) is 3.99. The van der Waals surface area contributed by atoms with Gasteiger partial charge in [-0.1, -0.05) is 6.07 Å². The molecule has 1 aliphatic heterocycles. The molecule has 0 radical (unpaired) electrons. The Balaban J connectivity index is 1.58. The van der Waals surface area contributed by atoms with Gasteiger partial charge in [0.15, 0.2) is 0 Å². The third-order valence-corrected chi connectivity index (χ3v) is 7.05. The predicted molar refractivity (Wildman–Crippen MR) is 115 cm³/mol. The summed E-state index contributed by atoms with van der Waals surface area (Å²) in [6, 6.07) is 15.2. The van der Waals surface area contributed by atoms with Crippen molar-refractivity contribution in [2.24, 2.45) is 0 Å². The summed E-state index contributed by atoms with van der Waals surface area (Å²) in [5, 5.41) is 1.88. The number of thiophene rings is 1. The fraction of sp³-hybridized carbons (Fsp3) is 0.190. The van der Waals surface area contributed by atoms with Crippen molar-refractivity contribution < 1.29 is 17.9 Å². The van der Waals surface area contributed by atoms with Crippen LogP contribution in [0.4, 0.5) is 11.4 Å². The highest BCUT2D eigenvalue weighted by atomic mass is 32.2. The molecule has 1 aliphatic rings. The third-order valence-electron chi connectivity index (χ3n) is 4.80. The molecule has 0 saturated carbocycles. The Morgan fingerprint density at radius 2 is 1.93 bits per heavy atom. The van der Waals surface area contributed by atoms with E-state index in [4.69, 9.17) is 4.74 Å². The Labute approximate surface area is 173 Å². The van der Waals surface area contributed by atoms with Crippen molar-refractivity contribution in [2.75, 3.05) is 23.3 Å². The number of carbonyl (C=O) groups excluding carboxylic acids is 1. The van der Waals surface area contributed by atoms with E-state index in [-0.39, 0.29) is 10.8 Å². The topological polar surface area (TPSA) is 75.7 Å². The average molecular weight is 429 g/mol. The molecule has 0 atom stereocenters. The van der Waals surface area contributed by atoms with Crippen LogP contribution in [-0.4, -0.2) is 28.0 Å². The first kappa shape index (κ1) is 19.5. The highest BCUT2D eigenvalue weighted by Crippen LogP contribution is 2.32. The summed E-state index contributed by atoms with van der Waals surface area (Å²) in [6.45, 7) is 0.653. The molecule has 1 aromatic heterocycles. The van der Waals surface area contributed by atoms with E-state index in [2.05, 4.69) is 4.72 Å². The fourth-order valence-electron chi connectivity index (χ4n) is 3.37. The first-order valence-corrected chi connectivity index (χ1v) is 11.5. The van der Waals surface area contributed by atoms with E-state index >= 15 is 0 Å². The minimum absolute atomic E-state index is 0.0208. The van der Waals surface area contributed by atoms with E-state index in [1.54, 1.807) is 23.1 Å². The Morgan fingerprint density at radius 3 is 2.62 bits per heavy atom. The van der Waals surface area contributed by atoms with Crippen molar-refractivity contribution in [3.05, 3.63) is 70.4 Å². The SMILES string of the molecule is COc1ccc(S(=O)(=O)Nc2ccc3c(c2)CCCN3C(=O)c2cccs2)cc1. The number of ether oxygens (including phenoxy) is 1. The van der Waals surface area contributed by atoms with Crippen LogP contribution in [0.2, 0.25) is 0 Å². The number of sulfonamides is 1. The van der Waals surface area contributed by atoms with Crippen LogP contribution in [0.3, 0.4) is 0 Å². The fourth-order valence-corrected chi connectivity index (χ4v) is 5.10. The number of fused-ring (bicyclic) bond motifs is 1. The van der Waals surface area contributed by atoms with Gasteiger partial charge in [0.1, 0.15) is 5.75 Å². The summed E-state index contributed by atoms with van der Waals surface area (Å²) in [7, 11) is -2.19. The molecule has 8 heteroatoms. The molecule has 4 rings (SSSR count). The number of methoxy groups -OCH3 is 1. The maximum Gasteiger partial charge on any atom is 0.268 e. The number of rotatable bonds is 5. The number of amides is 1. The normalized spacial score (nSPS) is 13.6. The zero-order valence-electron chi connectivity index (χ0n) is 15.8. The Hall–Kier alpha value is -2.84. The largest absolute Gasteiger partial charge is 0.497 e. The monoisotopic (exact) mass is 428 g/mol. The molecule has 0 fully saturated rings. The van der Waals surface area contributed by atoms with Crippen LogP contribution >= 0.6 is 11.3 Å². The second kappa shape index (κ2) is 7.88. The van der Waals surface area contributed by atoms with Crippen molar-refractivity contribution in [1.29, 1.82) is 0 Å². The van der Waals surface area contributed by atoms with Crippen LogP contribution in [0.15, 0.2) is 64.9 Å². The van der Waals surface area contributed by atoms with E-state index in [0.717, 1.165) is 24.1 Å². The van der Waals surface area contributed by atoms with Gasteiger partial charge >= 0.3 is 0 Å². The second-order valence-electron chi connectivity index (χ2n) is 6.66. The van der Waals surface area contributed by atoms with Gasteiger partial charge in [-0.2, -0.15) is 0 Å². The molecule has 1 N–H and O–H groups in total. The molecule has 0 aliphatic carbocycles. The van der Waals surface area contributed by atoms with Crippen molar-refractivity contribution >= 4 is 38.6 Å².